The van der Waals surface area contributed by atoms with Crippen LogP contribution in [0, 0.1) is 0 Å². The van der Waals surface area contributed by atoms with Crippen molar-refractivity contribution < 1.29 is 4.79 Å². The zero-order valence-electron chi connectivity index (χ0n) is 7.05. The summed E-state index contributed by atoms with van der Waals surface area (Å²) in [5.74, 6) is 0.0801. The van der Waals surface area contributed by atoms with Crippen LogP contribution >= 0.6 is 0 Å². The maximum atomic E-state index is 11.1. The van der Waals surface area contributed by atoms with Crippen LogP contribution in [-0.4, -0.2) is 50.6 Å². The van der Waals surface area contributed by atoms with E-state index >= 15 is 0 Å². The molecule has 1 unspecified atom stereocenters. The van der Waals surface area contributed by atoms with Gasteiger partial charge in [0.25, 0.3) is 0 Å². The van der Waals surface area contributed by atoms with E-state index in [-0.39, 0.29) is 11.9 Å². The van der Waals surface area contributed by atoms with Crippen molar-refractivity contribution in [3.63, 3.8) is 0 Å². The van der Waals surface area contributed by atoms with Gasteiger partial charge in [-0.15, -0.1) is 0 Å². The second-order valence-corrected chi connectivity index (χ2v) is 2.88. The Morgan fingerprint density at radius 1 is 1.73 bits per heavy atom. The van der Waals surface area contributed by atoms with Crippen molar-refractivity contribution in [3.05, 3.63) is 0 Å². The highest BCUT2D eigenvalue weighted by molar-refractivity contribution is 5.81. The van der Waals surface area contributed by atoms with Gasteiger partial charge in [-0.1, -0.05) is 0 Å². The first-order valence-corrected chi connectivity index (χ1v) is 3.87. The Bertz CT molecular complexity index is 149. The molecule has 0 saturated carbocycles. The Kier molecular flexibility index (Phi) is 2.84. The van der Waals surface area contributed by atoms with Crippen LogP contribution in [0.15, 0.2) is 0 Å². The Morgan fingerprint density at radius 2 is 2.45 bits per heavy atom. The Hall–Kier alpha value is -0.610. The van der Waals surface area contributed by atoms with Crippen molar-refractivity contribution >= 4 is 5.91 Å². The lowest BCUT2D eigenvalue weighted by Crippen LogP contribution is -2.55. The average molecular weight is 157 g/mol. The molecule has 0 aromatic carbocycles. The molecular formula is C7H15N3O. The molecule has 2 N–H and O–H groups in total. The third kappa shape index (κ3) is 2.17. The standard InChI is InChI=1S/C7H15N3O/c1-8-7(11)6-5-10(2)4-3-9-6/h6,9H,3-5H2,1-2H3,(H,8,11). The van der Waals surface area contributed by atoms with E-state index in [2.05, 4.69) is 15.5 Å². The highest BCUT2D eigenvalue weighted by Crippen LogP contribution is 1.94. The molecule has 11 heavy (non-hydrogen) atoms. The fourth-order valence-corrected chi connectivity index (χ4v) is 1.25. The molecule has 1 atom stereocenters. The van der Waals surface area contributed by atoms with E-state index in [4.69, 9.17) is 0 Å². The van der Waals surface area contributed by atoms with Crippen LogP contribution in [0.5, 0.6) is 0 Å². The van der Waals surface area contributed by atoms with Gasteiger partial charge in [0.1, 0.15) is 0 Å². The van der Waals surface area contributed by atoms with Crippen molar-refractivity contribution in [3.8, 4) is 0 Å². The van der Waals surface area contributed by atoms with E-state index in [0.717, 1.165) is 19.6 Å². The molecule has 0 aromatic heterocycles. The minimum absolute atomic E-state index is 0.0289. The predicted molar refractivity (Wildman–Crippen MR) is 43.4 cm³/mol. The van der Waals surface area contributed by atoms with E-state index < -0.39 is 0 Å². The smallest absolute Gasteiger partial charge is 0.238 e. The van der Waals surface area contributed by atoms with Gasteiger partial charge in [0, 0.05) is 26.7 Å². The van der Waals surface area contributed by atoms with Crippen molar-refractivity contribution in [2.45, 2.75) is 6.04 Å². The molecule has 4 heteroatoms. The van der Waals surface area contributed by atoms with Crippen LogP contribution in [0.3, 0.4) is 0 Å². The van der Waals surface area contributed by atoms with Gasteiger partial charge >= 0.3 is 0 Å². The lowest BCUT2D eigenvalue weighted by molar-refractivity contribution is -0.123. The molecule has 0 spiro atoms. The van der Waals surface area contributed by atoms with Crippen molar-refractivity contribution in [2.75, 3.05) is 33.7 Å². The molecular weight excluding hydrogens is 142 g/mol. The quantitative estimate of drug-likeness (QED) is 0.494. The Balaban J connectivity index is 2.39. The van der Waals surface area contributed by atoms with Gasteiger partial charge in [0.15, 0.2) is 0 Å². The monoisotopic (exact) mass is 157 g/mol. The second kappa shape index (κ2) is 3.69. The number of piperazine rings is 1. The Morgan fingerprint density at radius 3 is 3.00 bits per heavy atom. The van der Waals surface area contributed by atoms with E-state index in [0.29, 0.717) is 0 Å². The third-order valence-electron chi connectivity index (χ3n) is 1.94. The van der Waals surface area contributed by atoms with Gasteiger partial charge < -0.3 is 15.5 Å². The molecule has 0 aliphatic carbocycles. The highest BCUT2D eigenvalue weighted by atomic mass is 16.2. The van der Waals surface area contributed by atoms with Crippen LogP contribution in [0.2, 0.25) is 0 Å². The SMILES string of the molecule is CNC(=O)C1CN(C)CCN1. The van der Waals surface area contributed by atoms with E-state index in [1.54, 1.807) is 7.05 Å². The topological polar surface area (TPSA) is 44.4 Å². The lowest BCUT2D eigenvalue weighted by Gasteiger charge is -2.29. The molecule has 1 aliphatic rings. The van der Waals surface area contributed by atoms with Gasteiger partial charge in [-0.25, -0.2) is 0 Å². The molecule has 0 bridgehead atoms. The predicted octanol–water partition coefficient (Wildman–Crippen LogP) is -1.36. The first-order chi connectivity index (χ1) is 5.24. The molecule has 1 rings (SSSR count). The summed E-state index contributed by atoms with van der Waals surface area (Å²) in [6, 6.07) is -0.0289. The molecule has 0 radical (unpaired) electrons. The fraction of sp³-hybridized carbons (Fsp3) is 0.857. The van der Waals surface area contributed by atoms with Crippen LogP contribution < -0.4 is 10.6 Å². The van der Waals surface area contributed by atoms with E-state index in [1.807, 2.05) is 7.05 Å². The molecule has 1 aliphatic heterocycles. The summed E-state index contributed by atoms with van der Waals surface area (Å²) >= 11 is 0. The van der Waals surface area contributed by atoms with Crippen molar-refractivity contribution in [2.24, 2.45) is 0 Å². The molecule has 4 nitrogen and oxygen atoms in total. The van der Waals surface area contributed by atoms with Gasteiger partial charge in [0.2, 0.25) is 5.91 Å². The average Bonchev–Trinajstić information content (AvgIpc) is 2.03. The van der Waals surface area contributed by atoms with Crippen molar-refractivity contribution in [1.82, 2.24) is 15.5 Å². The molecule has 1 amide bonds. The maximum absolute atomic E-state index is 11.1. The normalized spacial score (nSPS) is 26.5. The van der Waals surface area contributed by atoms with Crippen LogP contribution in [0.1, 0.15) is 0 Å². The zero-order chi connectivity index (χ0) is 8.27. The number of likely N-dealkylation sites (N-methyl/N-ethyl adjacent to an activating group) is 2. The number of carbonyl (C=O) groups is 1. The minimum Gasteiger partial charge on any atom is -0.358 e. The number of carbonyl (C=O) groups excluding carboxylic acids is 1. The second-order valence-electron chi connectivity index (χ2n) is 2.88. The number of nitrogens with one attached hydrogen (secondary N) is 2. The minimum atomic E-state index is -0.0289. The van der Waals surface area contributed by atoms with Gasteiger partial charge in [-0.3, -0.25) is 4.79 Å². The third-order valence-corrected chi connectivity index (χ3v) is 1.94. The largest absolute Gasteiger partial charge is 0.358 e. The number of hydrogen-bond donors (Lipinski definition) is 2. The maximum Gasteiger partial charge on any atom is 0.238 e. The molecule has 1 heterocycles. The van der Waals surface area contributed by atoms with Crippen LogP contribution in [0.25, 0.3) is 0 Å². The number of amides is 1. The summed E-state index contributed by atoms with van der Waals surface area (Å²) in [6.07, 6.45) is 0. The summed E-state index contributed by atoms with van der Waals surface area (Å²) < 4.78 is 0. The number of nitrogens with zero attached hydrogens (tertiary/aromatic N) is 1. The zero-order valence-corrected chi connectivity index (χ0v) is 7.05. The lowest BCUT2D eigenvalue weighted by atomic mass is 10.2. The summed E-state index contributed by atoms with van der Waals surface area (Å²) in [6.45, 7) is 2.72. The molecule has 1 fully saturated rings. The van der Waals surface area contributed by atoms with E-state index in [1.165, 1.54) is 0 Å². The van der Waals surface area contributed by atoms with Gasteiger partial charge in [-0.05, 0) is 7.05 Å². The van der Waals surface area contributed by atoms with Crippen molar-refractivity contribution in [1.29, 1.82) is 0 Å². The highest BCUT2D eigenvalue weighted by Gasteiger charge is 2.21. The van der Waals surface area contributed by atoms with Crippen LogP contribution in [-0.2, 0) is 4.79 Å². The number of rotatable bonds is 1. The molecule has 64 valence electrons. The van der Waals surface area contributed by atoms with Gasteiger partial charge in [0.05, 0.1) is 6.04 Å². The van der Waals surface area contributed by atoms with Crippen LogP contribution in [0.4, 0.5) is 0 Å². The summed E-state index contributed by atoms with van der Waals surface area (Å²) in [7, 11) is 3.69. The Labute approximate surface area is 66.9 Å². The molecule has 1 saturated heterocycles. The van der Waals surface area contributed by atoms with Gasteiger partial charge in [-0.2, -0.15) is 0 Å². The first kappa shape index (κ1) is 8.49. The number of hydrogen-bond acceptors (Lipinski definition) is 3. The summed E-state index contributed by atoms with van der Waals surface area (Å²) in [5, 5.41) is 5.77. The molecule has 0 aromatic rings. The summed E-state index contributed by atoms with van der Waals surface area (Å²) in [4.78, 5) is 13.3. The van der Waals surface area contributed by atoms with E-state index in [9.17, 15) is 4.79 Å². The fourth-order valence-electron chi connectivity index (χ4n) is 1.25. The first-order valence-electron chi connectivity index (χ1n) is 3.87. The summed E-state index contributed by atoms with van der Waals surface area (Å²) in [5.41, 5.74) is 0.